The molecular weight excluding hydrogens is 316 g/mol. The highest BCUT2D eigenvalue weighted by Crippen LogP contribution is 2.23. The molecule has 0 aliphatic carbocycles. The molecule has 110 valence electrons. The molecule has 20 heavy (non-hydrogen) atoms. The van der Waals surface area contributed by atoms with Crippen LogP contribution in [0.4, 0.5) is 0 Å². The Bertz CT molecular complexity index is 567. The lowest BCUT2D eigenvalue weighted by atomic mass is 10.2. The number of hydrogen-bond acceptors (Lipinski definition) is 4. The van der Waals surface area contributed by atoms with E-state index in [-0.39, 0.29) is 4.90 Å². The van der Waals surface area contributed by atoms with Crippen molar-refractivity contribution in [3.05, 3.63) is 29.9 Å². The number of rotatable bonds is 5. The first kappa shape index (κ1) is 15.8. The molecule has 1 fully saturated rings. The maximum atomic E-state index is 12.4. The summed E-state index contributed by atoms with van der Waals surface area (Å²) < 4.78 is 26.4. The summed E-state index contributed by atoms with van der Waals surface area (Å²) in [7, 11) is -3.39. The van der Waals surface area contributed by atoms with Crippen LogP contribution in [0.1, 0.15) is 19.3 Å². The zero-order valence-corrected chi connectivity index (χ0v) is 13.5. The Hall–Kier alpha value is -0.560. The molecule has 1 aromatic rings. The van der Waals surface area contributed by atoms with Gasteiger partial charge in [0.05, 0.1) is 5.03 Å². The average molecular weight is 333 g/mol. The molecule has 0 amide bonds. The molecule has 0 unspecified atom stereocenters. The van der Waals surface area contributed by atoms with Crippen molar-refractivity contribution >= 4 is 33.4 Å². The average Bonchev–Trinajstić information content (AvgIpc) is 2.46. The van der Waals surface area contributed by atoms with E-state index in [0.29, 0.717) is 23.9 Å². The van der Waals surface area contributed by atoms with E-state index in [9.17, 15) is 8.42 Å². The van der Waals surface area contributed by atoms with E-state index in [1.165, 1.54) is 18.0 Å². The Labute approximate surface area is 129 Å². The fraction of sp³-hybridized carbons (Fsp3) is 0.462. The van der Waals surface area contributed by atoms with Gasteiger partial charge >= 0.3 is 0 Å². The lowest BCUT2D eigenvalue weighted by molar-refractivity contribution is 0.346. The molecule has 0 atom stereocenters. The number of pyridine rings is 1. The first-order chi connectivity index (χ1) is 9.50. The Balaban J connectivity index is 2.10. The Kier molecular flexibility index (Phi) is 5.49. The largest absolute Gasteiger partial charge is 0.249 e. The van der Waals surface area contributed by atoms with Crippen molar-refractivity contribution in [1.29, 1.82) is 0 Å². The zero-order valence-electron chi connectivity index (χ0n) is 11.1. The molecule has 0 N–H and O–H groups in total. The van der Waals surface area contributed by atoms with Crippen LogP contribution < -0.4 is 0 Å². The summed E-state index contributed by atoms with van der Waals surface area (Å²) in [6.07, 6.45) is 4.38. The van der Waals surface area contributed by atoms with E-state index in [0.717, 1.165) is 24.3 Å². The van der Waals surface area contributed by atoms with E-state index in [1.807, 2.05) is 0 Å². The van der Waals surface area contributed by atoms with Crippen molar-refractivity contribution < 1.29 is 8.42 Å². The second-order valence-electron chi connectivity index (χ2n) is 4.60. The minimum atomic E-state index is -3.39. The van der Waals surface area contributed by atoms with E-state index in [4.69, 9.17) is 11.6 Å². The SMILES string of the molecule is C=C(Cl)CSc1ccc(S(=O)(=O)N2CCCCC2)cn1. The van der Waals surface area contributed by atoms with E-state index in [1.54, 1.807) is 16.4 Å². The van der Waals surface area contributed by atoms with Gasteiger partial charge in [-0.15, -0.1) is 11.8 Å². The maximum absolute atomic E-state index is 12.4. The second kappa shape index (κ2) is 6.93. The molecule has 0 aromatic carbocycles. The number of thioether (sulfide) groups is 1. The summed E-state index contributed by atoms with van der Waals surface area (Å²) in [4.78, 5) is 4.43. The number of aromatic nitrogens is 1. The van der Waals surface area contributed by atoms with Crippen LogP contribution in [0.15, 0.2) is 39.9 Å². The molecule has 4 nitrogen and oxygen atoms in total. The first-order valence-corrected chi connectivity index (χ1v) is 9.23. The van der Waals surface area contributed by atoms with Crippen molar-refractivity contribution in [2.45, 2.75) is 29.2 Å². The summed E-state index contributed by atoms with van der Waals surface area (Å²) in [6.45, 7) is 4.81. The van der Waals surface area contributed by atoms with Crippen LogP contribution in [0, 0.1) is 0 Å². The first-order valence-electron chi connectivity index (χ1n) is 6.42. The van der Waals surface area contributed by atoms with Gasteiger partial charge in [-0.3, -0.25) is 0 Å². The number of sulfonamides is 1. The monoisotopic (exact) mass is 332 g/mol. The fourth-order valence-electron chi connectivity index (χ4n) is 2.01. The van der Waals surface area contributed by atoms with Gasteiger partial charge in [-0.1, -0.05) is 24.6 Å². The van der Waals surface area contributed by atoms with Crippen molar-refractivity contribution in [3.8, 4) is 0 Å². The summed E-state index contributed by atoms with van der Waals surface area (Å²) in [6, 6.07) is 3.32. The molecule has 7 heteroatoms. The van der Waals surface area contributed by atoms with Gasteiger partial charge in [0.15, 0.2) is 0 Å². The highest BCUT2D eigenvalue weighted by molar-refractivity contribution is 7.99. The van der Waals surface area contributed by atoms with Gasteiger partial charge in [0.2, 0.25) is 10.0 Å². The van der Waals surface area contributed by atoms with Gasteiger partial charge in [0.25, 0.3) is 0 Å². The second-order valence-corrected chi connectivity index (χ2v) is 8.07. The maximum Gasteiger partial charge on any atom is 0.244 e. The number of piperidine rings is 1. The van der Waals surface area contributed by atoms with Gasteiger partial charge < -0.3 is 0 Å². The number of nitrogens with zero attached hydrogens (tertiary/aromatic N) is 2. The third kappa shape index (κ3) is 3.97. The molecule has 1 aliphatic heterocycles. The summed E-state index contributed by atoms with van der Waals surface area (Å²) in [5, 5.41) is 1.28. The van der Waals surface area contributed by atoms with E-state index < -0.39 is 10.0 Å². The lowest BCUT2D eigenvalue weighted by Crippen LogP contribution is -2.35. The number of hydrogen-bond donors (Lipinski definition) is 0. The van der Waals surface area contributed by atoms with Crippen LogP contribution in [0.5, 0.6) is 0 Å². The normalized spacial score (nSPS) is 17.1. The van der Waals surface area contributed by atoms with Crippen molar-refractivity contribution in [2.24, 2.45) is 0 Å². The summed E-state index contributed by atoms with van der Waals surface area (Å²) >= 11 is 7.12. The standard InChI is InChI=1S/C13H17ClN2O2S2/c1-11(14)10-19-13-6-5-12(9-15-13)20(17,18)16-7-3-2-4-8-16/h5-6,9H,1-4,7-8,10H2. The molecule has 0 radical (unpaired) electrons. The predicted octanol–water partition coefficient (Wildman–Crippen LogP) is 3.10. The lowest BCUT2D eigenvalue weighted by Gasteiger charge is -2.25. The van der Waals surface area contributed by atoms with E-state index >= 15 is 0 Å². The highest BCUT2D eigenvalue weighted by atomic mass is 35.5. The molecule has 2 rings (SSSR count). The van der Waals surface area contributed by atoms with E-state index in [2.05, 4.69) is 11.6 Å². The molecule has 0 bridgehead atoms. The minimum absolute atomic E-state index is 0.258. The van der Waals surface area contributed by atoms with Gasteiger partial charge in [0.1, 0.15) is 4.90 Å². The predicted molar refractivity (Wildman–Crippen MR) is 82.6 cm³/mol. The van der Waals surface area contributed by atoms with Crippen molar-refractivity contribution in [2.75, 3.05) is 18.8 Å². The molecular formula is C13H17ClN2O2S2. The van der Waals surface area contributed by atoms with Gasteiger partial charge in [-0.25, -0.2) is 13.4 Å². The molecule has 0 spiro atoms. The van der Waals surface area contributed by atoms with Gasteiger partial charge in [-0.2, -0.15) is 4.31 Å². The third-order valence-corrected chi connectivity index (χ3v) is 6.24. The minimum Gasteiger partial charge on any atom is -0.249 e. The van der Waals surface area contributed by atoms with Crippen LogP contribution >= 0.6 is 23.4 Å². The molecule has 1 saturated heterocycles. The molecule has 1 aromatic heterocycles. The van der Waals surface area contributed by atoms with Gasteiger partial charge in [-0.05, 0) is 25.0 Å². The highest BCUT2D eigenvalue weighted by Gasteiger charge is 2.26. The van der Waals surface area contributed by atoms with Crippen molar-refractivity contribution in [3.63, 3.8) is 0 Å². The number of halogens is 1. The van der Waals surface area contributed by atoms with Crippen molar-refractivity contribution in [1.82, 2.24) is 9.29 Å². The zero-order chi connectivity index (χ0) is 14.6. The van der Waals surface area contributed by atoms with Crippen LogP contribution in [-0.2, 0) is 10.0 Å². The van der Waals surface area contributed by atoms with Crippen LogP contribution in [-0.4, -0.2) is 36.5 Å². The topological polar surface area (TPSA) is 50.3 Å². The Morgan fingerprint density at radius 2 is 2.05 bits per heavy atom. The summed E-state index contributed by atoms with van der Waals surface area (Å²) in [5.41, 5.74) is 0. The van der Waals surface area contributed by atoms with Crippen LogP contribution in [0.3, 0.4) is 0 Å². The third-order valence-electron chi connectivity index (χ3n) is 3.04. The van der Waals surface area contributed by atoms with Gasteiger partial charge in [0, 0.05) is 30.1 Å². The smallest absolute Gasteiger partial charge is 0.244 e. The molecule has 2 heterocycles. The molecule has 1 aliphatic rings. The quantitative estimate of drug-likeness (QED) is 0.777. The molecule has 0 saturated carbocycles. The summed E-state index contributed by atoms with van der Waals surface area (Å²) in [5.74, 6) is 0.562. The van der Waals surface area contributed by atoms with Crippen LogP contribution in [0.2, 0.25) is 0 Å². The van der Waals surface area contributed by atoms with Crippen LogP contribution in [0.25, 0.3) is 0 Å². The fourth-order valence-corrected chi connectivity index (χ4v) is 4.23. The Morgan fingerprint density at radius 3 is 2.60 bits per heavy atom. The Morgan fingerprint density at radius 1 is 1.35 bits per heavy atom.